The van der Waals surface area contributed by atoms with Crippen LogP contribution in [0.1, 0.15) is 37.1 Å². The average Bonchev–Trinajstić information content (AvgIpc) is 2.61. The molecule has 0 unspecified atom stereocenters. The fraction of sp³-hybridized carbons (Fsp3) is 0.350. The predicted octanol–water partition coefficient (Wildman–Crippen LogP) is 3.01. The Balaban J connectivity index is 2.01. The van der Waals surface area contributed by atoms with Gasteiger partial charge in [0.05, 0.1) is 12.2 Å². The van der Waals surface area contributed by atoms with Crippen molar-refractivity contribution in [2.24, 2.45) is 0 Å². The lowest BCUT2D eigenvalue weighted by molar-refractivity contribution is -0.121. The molecule has 0 fully saturated rings. The summed E-state index contributed by atoms with van der Waals surface area (Å²) >= 11 is 0. The Morgan fingerprint density at radius 2 is 1.96 bits per heavy atom. The van der Waals surface area contributed by atoms with Crippen LogP contribution in [0.3, 0.4) is 0 Å². The summed E-state index contributed by atoms with van der Waals surface area (Å²) in [5, 5.41) is 2.85. The van der Waals surface area contributed by atoms with Crippen molar-refractivity contribution in [3.63, 3.8) is 0 Å². The largest absolute Gasteiger partial charge is 0.350 e. The number of anilines is 1. The van der Waals surface area contributed by atoms with E-state index in [-0.39, 0.29) is 18.2 Å². The van der Waals surface area contributed by atoms with E-state index in [1.54, 1.807) is 11.1 Å². The third-order valence-corrected chi connectivity index (χ3v) is 4.11. The number of hydrogen-bond donors (Lipinski definition) is 1. The monoisotopic (exact) mass is 339 g/mol. The maximum absolute atomic E-state index is 12.1. The van der Waals surface area contributed by atoms with Crippen molar-refractivity contribution in [3.05, 3.63) is 59.4 Å². The first-order valence-electron chi connectivity index (χ1n) is 8.56. The van der Waals surface area contributed by atoms with Gasteiger partial charge in [0, 0.05) is 31.8 Å². The van der Waals surface area contributed by atoms with Crippen molar-refractivity contribution in [2.45, 2.75) is 40.2 Å². The minimum atomic E-state index is -0.0939. The number of amides is 2. The highest BCUT2D eigenvalue weighted by Crippen LogP contribution is 2.26. The summed E-state index contributed by atoms with van der Waals surface area (Å²) in [4.78, 5) is 30.2. The molecule has 25 heavy (non-hydrogen) atoms. The van der Waals surface area contributed by atoms with Gasteiger partial charge in [-0.2, -0.15) is 0 Å². The maximum atomic E-state index is 12.1. The van der Waals surface area contributed by atoms with Gasteiger partial charge in [-0.05, 0) is 36.6 Å². The smallest absolute Gasteiger partial charge is 0.223 e. The zero-order valence-electron chi connectivity index (χ0n) is 15.1. The zero-order chi connectivity index (χ0) is 18.2. The van der Waals surface area contributed by atoms with Crippen LogP contribution >= 0.6 is 0 Å². The highest BCUT2D eigenvalue weighted by Gasteiger charge is 2.18. The van der Waals surface area contributed by atoms with E-state index < -0.39 is 0 Å². The molecule has 5 heteroatoms. The molecular weight excluding hydrogens is 314 g/mol. The van der Waals surface area contributed by atoms with E-state index in [9.17, 15) is 9.59 Å². The van der Waals surface area contributed by atoms with Crippen molar-refractivity contribution in [2.75, 3.05) is 11.4 Å². The number of aryl methyl sites for hydroxylation is 2. The number of nitrogens with one attached hydrogen (secondary N) is 1. The lowest BCUT2D eigenvalue weighted by Gasteiger charge is -2.25. The predicted molar refractivity (Wildman–Crippen MR) is 99.3 cm³/mol. The molecule has 2 aromatic rings. The van der Waals surface area contributed by atoms with Crippen molar-refractivity contribution in [3.8, 4) is 0 Å². The van der Waals surface area contributed by atoms with Crippen LogP contribution in [-0.4, -0.2) is 23.3 Å². The average molecular weight is 339 g/mol. The van der Waals surface area contributed by atoms with Crippen LogP contribution in [0, 0.1) is 6.92 Å². The Morgan fingerprint density at radius 3 is 2.60 bits per heavy atom. The molecule has 1 aromatic carbocycles. The molecule has 0 saturated heterocycles. The highest BCUT2D eigenvalue weighted by atomic mass is 16.2. The number of aromatic nitrogens is 1. The van der Waals surface area contributed by atoms with Gasteiger partial charge in [0.15, 0.2) is 0 Å². The van der Waals surface area contributed by atoms with E-state index in [1.807, 2.05) is 43.3 Å². The van der Waals surface area contributed by atoms with Gasteiger partial charge in [0.1, 0.15) is 0 Å². The molecule has 5 nitrogen and oxygen atoms in total. The first-order valence-corrected chi connectivity index (χ1v) is 8.56. The normalized spacial score (nSPS) is 10.4. The molecule has 0 spiro atoms. The standard InChI is InChI=1S/C20H25N3O2/c1-4-17-9-7-8-15(2)20(17)23(16(3)24)13-11-19(25)22-14-18-10-5-6-12-21-18/h5-10,12H,4,11,13-14H2,1-3H3,(H,22,25). The number of hydrogen-bond acceptors (Lipinski definition) is 3. The van der Waals surface area contributed by atoms with Crippen LogP contribution in [0.25, 0.3) is 0 Å². The van der Waals surface area contributed by atoms with Gasteiger partial charge in [-0.1, -0.05) is 31.2 Å². The molecular formula is C20H25N3O2. The Morgan fingerprint density at radius 1 is 1.16 bits per heavy atom. The van der Waals surface area contributed by atoms with E-state index in [2.05, 4.69) is 17.2 Å². The van der Waals surface area contributed by atoms with Crippen LogP contribution in [0.2, 0.25) is 0 Å². The topological polar surface area (TPSA) is 62.3 Å². The van der Waals surface area contributed by atoms with Gasteiger partial charge in [-0.15, -0.1) is 0 Å². The third kappa shape index (κ3) is 5.14. The summed E-state index contributed by atoms with van der Waals surface area (Å²) in [6.07, 6.45) is 2.79. The molecule has 0 aliphatic rings. The molecule has 2 rings (SSSR count). The summed E-state index contributed by atoms with van der Waals surface area (Å²) in [7, 11) is 0. The van der Waals surface area contributed by atoms with Crippen molar-refractivity contribution in [1.82, 2.24) is 10.3 Å². The molecule has 0 aliphatic carbocycles. The van der Waals surface area contributed by atoms with E-state index >= 15 is 0 Å². The van der Waals surface area contributed by atoms with E-state index in [1.165, 1.54) is 6.92 Å². The van der Waals surface area contributed by atoms with Gasteiger partial charge in [0.25, 0.3) is 0 Å². The Hall–Kier alpha value is -2.69. The van der Waals surface area contributed by atoms with Crippen molar-refractivity contribution < 1.29 is 9.59 Å². The molecule has 0 atom stereocenters. The molecule has 1 aromatic heterocycles. The summed E-state index contributed by atoms with van der Waals surface area (Å²) in [6.45, 7) is 6.35. The number of carbonyl (C=O) groups is 2. The second-order valence-corrected chi connectivity index (χ2v) is 5.95. The molecule has 132 valence electrons. The second-order valence-electron chi connectivity index (χ2n) is 5.95. The van der Waals surface area contributed by atoms with Crippen molar-refractivity contribution >= 4 is 17.5 Å². The first kappa shape index (κ1) is 18.6. The molecule has 2 amide bonds. The molecule has 0 saturated carbocycles. The van der Waals surface area contributed by atoms with Gasteiger partial charge in [-0.3, -0.25) is 14.6 Å². The minimum absolute atomic E-state index is 0.0541. The van der Waals surface area contributed by atoms with Gasteiger partial charge >= 0.3 is 0 Å². The number of rotatable bonds is 7. The number of nitrogens with zero attached hydrogens (tertiary/aromatic N) is 2. The zero-order valence-corrected chi connectivity index (χ0v) is 15.1. The summed E-state index contributed by atoms with van der Waals surface area (Å²) in [6, 6.07) is 11.6. The van der Waals surface area contributed by atoms with Crippen LogP contribution in [-0.2, 0) is 22.6 Å². The van der Waals surface area contributed by atoms with Gasteiger partial charge in [0.2, 0.25) is 11.8 Å². The maximum Gasteiger partial charge on any atom is 0.223 e. The second kappa shape index (κ2) is 8.97. The summed E-state index contributed by atoms with van der Waals surface area (Å²) in [5.74, 6) is -0.148. The fourth-order valence-electron chi connectivity index (χ4n) is 2.81. The Labute approximate surface area is 149 Å². The summed E-state index contributed by atoms with van der Waals surface area (Å²) in [5.41, 5.74) is 3.90. The van der Waals surface area contributed by atoms with Crippen LogP contribution < -0.4 is 10.2 Å². The first-order chi connectivity index (χ1) is 12.0. The van der Waals surface area contributed by atoms with E-state index in [0.29, 0.717) is 13.1 Å². The van der Waals surface area contributed by atoms with Crippen LogP contribution in [0.5, 0.6) is 0 Å². The minimum Gasteiger partial charge on any atom is -0.350 e. The van der Waals surface area contributed by atoms with Crippen molar-refractivity contribution in [1.29, 1.82) is 0 Å². The van der Waals surface area contributed by atoms with Crippen LogP contribution in [0.15, 0.2) is 42.6 Å². The molecule has 0 radical (unpaired) electrons. The lowest BCUT2D eigenvalue weighted by Crippen LogP contribution is -2.34. The van der Waals surface area contributed by atoms with E-state index in [0.717, 1.165) is 28.9 Å². The Bertz CT molecular complexity index is 729. The highest BCUT2D eigenvalue weighted by molar-refractivity contribution is 5.94. The SMILES string of the molecule is CCc1cccc(C)c1N(CCC(=O)NCc1ccccn1)C(C)=O. The lowest BCUT2D eigenvalue weighted by atomic mass is 10.0. The van der Waals surface area contributed by atoms with Gasteiger partial charge in [-0.25, -0.2) is 0 Å². The fourth-order valence-corrected chi connectivity index (χ4v) is 2.81. The molecule has 1 N–H and O–H groups in total. The number of para-hydroxylation sites is 1. The van der Waals surface area contributed by atoms with E-state index in [4.69, 9.17) is 0 Å². The number of pyridine rings is 1. The third-order valence-electron chi connectivity index (χ3n) is 4.11. The van der Waals surface area contributed by atoms with Crippen LogP contribution in [0.4, 0.5) is 5.69 Å². The number of benzene rings is 1. The molecule has 0 bridgehead atoms. The molecule has 1 heterocycles. The quantitative estimate of drug-likeness (QED) is 0.843. The summed E-state index contributed by atoms with van der Waals surface area (Å²) < 4.78 is 0. The number of carbonyl (C=O) groups excluding carboxylic acids is 2. The molecule has 0 aliphatic heterocycles. The van der Waals surface area contributed by atoms with Gasteiger partial charge < -0.3 is 10.2 Å². The Kier molecular flexibility index (Phi) is 6.69.